The second-order valence-corrected chi connectivity index (χ2v) is 10.4. The third-order valence-electron chi connectivity index (χ3n) is 7.35. The average molecular weight is 601 g/mol. The Morgan fingerprint density at radius 1 is 0.558 bits per heavy atom. The standard InChI is InChI=1S/C17H20N2O6.C10H8N2O6/c20-13-5-6-14(21)18(13)10-12-3-1-11(2-4-12)9-17(24)25-19-15(22)7-8-16(19)23;13-6-1-2-7(14)11(6)5-10(17)18-12-8(15)3-4-9(12)16/h5-6,11-12H,1-4,7-10H2;1-2H,3-5H2. The predicted molar refractivity (Wildman–Crippen MR) is 136 cm³/mol. The second-order valence-electron chi connectivity index (χ2n) is 10.4. The Bertz CT molecular complexity index is 1270. The molecule has 0 aromatic rings. The van der Waals surface area contributed by atoms with Crippen molar-refractivity contribution in [3.05, 3.63) is 24.3 Å². The number of nitrogens with zero attached hydrogens (tertiary/aromatic N) is 4. The van der Waals surface area contributed by atoms with Crippen LogP contribution in [0.25, 0.3) is 0 Å². The van der Waals surface area contributed by atoms with Crippen molar-refractivity contribution < 1.29 is 57.6 Å². The fraction of sp³-hybridized carbons (Fsp3) is 0.481. The van der Waals surface area contributed by atoms with Gasteiger partial charge in [0.2, 0.25) is 0 Å². The summed E-state index contributed by atoms with van der Waals surface area (Å²) in [6.45, 7) is -0.222. The Hall–Kier alpha value is -5.02. The molecule has 0 aromatic heterocycles. The topological polar surface area (TPSA) is 202 Å². The third kappa shape index (κ3) is 7.64. The third-order valence-corrected chi connectivity index (χ3v) is 7.35. The lowest BCUT2D eigenvalue weighted by Gasteiger charge is -2.30. The maximum Gasteiger partial charge on any atom is 0.352 e. The molecule has 4 heterocycles. The van der Waals surface area contributed by atoms with Gasteiger partial charge in [0.25, 0.3) is 47.3 Å². The number of hydrogen-bond donors (Lipinski definition) is 0. The van der Waals surface area contributed by atoms with Crippen LogP contribution in [0.1, 0.15) is 57.8 Å². The van der Waals surface area contributed by atoms with E-state index in [4.69, 9.17) is 4.84 Å². The molecule has 5 aliphatic rings. The van der Waals surface area contributed by atoms with Crippen molar-refractivity contribution >= 4 is 59.2 Å². The first-order chi connectivity index (χ1) is 20.4. The molecule has 16 heteroatoms. The molecule has 0 N–H and O–H groups in total. The van der Waals surface area contributed by atoms with Gasteiger partial charge in [-0.05, 0) is 37.5 Å². The van der Waals surface area contributed by atoms with Crippen LogP contribution in [0, 0.1) is 11.8 Å². The predicted octanol–water partition coefficient (Wildman–Crippen LogP) is -0.766. The van der Waals surface area contributed by atoms with Crippen molar-refractivity contribution in [1.82, 2.24) is 19.9 Å². The molecule has 1 saturated carbocycles. The van der Waals surface area contributed by atoms with Gasteiger partial charge in [0.15, 0.2) is 0 Å². The van der Waals surface area contributed by atoms with E-state index in [9.17, 15) is 47.9 Å². The van der Waals surface area contributed by atoms with Gasteiger partial charge in [-0.15, -0.1) is 10.1 Å². The summed E-state index contributed by atoms with van der Waals surface area (Å²) in [5.41, 5.74) is 0. The summed E-state index contributed by atoms with van der Waals surface area (Å²) in [7, 11) is 0. The fourth-order valence-electron chi connectivity index (χ4n) is 5.02. The number of carbonyl (C=O) groups excluding carboxylic acids is 10. The van der Waals surface area contributed by atoms with Crippen LogP contribution in [0.2, 0.25) is 0 Å². The molecule has 2 saturated heterocycles. The van der Waals surface area contributed by atoms with E-state index in [0.717, 1.165) is 37.8 Å². The molecule has 8 amide bonds. The molecule has 4 aliphatic heterocycles. The van der Waals surface area contributed by atoms with Gasteiger partial charge in [0.1, 0.15) is 6.54 Å². The van der Waals surface area contributed by atoms with Crippen molar-refractivity contribution in [2.45, 2.75) is 57.8 Å². The summed E-state index contributed by atoms with van der Waals surface area (Å²) < 4.78 is 0. The summed E-state index contributed by atoms with van der Waals surface area (Å²) in [5.74, 6) is -5.24. The van der Waals surface area contributed by atoms with E-state index in [1.807, 2.05) is 0 Å². The van der Waals surface area contributed by atoms with Crippen molar-refractivity contribution in [2.75, 3.05) is 13.1 Å². The van der Waals surface area contributed by atoms with Crippen LogP contribution in [-0.2, 0) is 57.6 Å². The number of imide groups is 4. The molecule has 3 fully saturated rings. The lowest BCUT2D eigenvalue weighted by atomic mass is 9.80. The maximum absolute atomic E-state index is 11.9. The molecule has 228 valence electrons. The highest BCUT2D eigenvalue weighted by atomic mass is 16.7. The highest BCUT2D eigenvalue weighted by Crippen LogP contribution is 2.32. The van der Waals surface area contributed by atoms with Gasteiger partial charge < -0.3 is 9.68 Å². The minimum Gasteiger partial charge on any atom is -0.330 e. The number of rotatable bonds is 8. The van der Waals surface area contributed by atoms with E-state index in [1.165, 1.54) is 17.1 Å². The number of carbonyl (C=O) groups is 10. The van der Waals surface area contributed by atoms with Crippen molar-refractivity contribution in [1.29, 1.82) is 0 Å². The zero-order valence-electron chi connectivity index (χ0n) is 22.9. The van der Waals surface area contributed by atoms with Gasteiger partial charge in [0.05, 0.1) is 6.42 Å². The zero-order valence-corrected chi connectivity index (χ0v) is 22.9. The van der Waals surface area contributed by atoms with Crippen LogP contribution in [0.4, 0.5) is 0 Å². The van der Waals surface area contributed by atoms with E-state index in [1.54, 1.807) is 0 Å². The number of hydroxylamine groups is 4. The number of amides is 8. The van der Waals surface area contributed by atoms with E-state index in [0.29, 0.717) is 21.6 Å². The summed E-state index contributed by atoms with van der Waals surface area (Å²) in [6, 6.07) is 0. The molecule has 0 aromatic carbocycles. The van der Waals surface area contributed by atoms with Crippen LogP contribution < -0.4 is 0 Å². The molecule has 0 radical (unpaired) electrons. The largest absolute Gasteiger partial charge is 0.352 e. The van der Waals surface area contributed by atoms with Gasteiger partial charge in [-0.2, -0.15) is 0 Å². The van der Waals surface area contributed by atoms with Gasteiger partial charge in [0, 0.05) is 56.5 Å². The summed E-state index contributed by atoms with van der Waals surface area (Å²) in [5, 5.41) is 0.937. The van der Waals surface area contributed by atoms with Gasteiger partial charge >= 0.3 is 11.9 Å². The first-order valence-corrected chi connectivity index (χ1v) is 13.6. The van der Waals surface area contributed by atoms with Crippen LogP contribution in [0.5, 0.6) is 0 Å². The van der Waals surface area contributed by atoms with E-state index in [-0.39, 0.29) is 55.8 Å². The monoisotopic (exact) mass is 600 g/mol. The van der Waals surface area contributed by atoms with E-state index in [2.05, 4.69) is 4.84 Å². The molecule has 0 unspecified atom stereocenters. The SMILES string of the molecule is O=C(CC1CCC(CN2C(=O)C=CC2=O)CC1)ON1C(=O)CCC1=O.O=C(CN1C(=O)C=CC1=O)ON1C(=O)CCC1=O. The summed E-state index contributed by atoms with van der Waals surface area (Å²) in [4.78, 5) is 125. The average Bonchev–Trinajstić information content (AvgIpc) is 3.67. The number of hydrogen-bond acceptors (Lipinski definition) is 12. The van der Waals surface area contributed by atoms with Gasteiger partial charge in [-0.25, -0.2) is 9.59 Å². The Morgan fingerprint density at radius 3 is 1.37 bits per heavy atom. The van der Waals surface area contributed by atoms with Crippen LogP contribution in [0.3, 0.4) is 0 Å². The van der Waals surface area contributed by atoms with Gasteiger partial charge in [-0.1, -0.05) is 0 Å². The normalized spacial score (nSPS) is 23.5. The fourth-order valence-corrected chi connectivity index (χ4v) is 5.02. The molecular formula is C27H28N4O12. The first kappa shape index (κ1) is 30.9. The van der Waals surface area contributed by atoms with E-state index >= 15 is 0 Å². The van der Waals surface area contributed by atoms with E-state index < -0.39 is 53.9 Å². The Morgan fingerprint density at radius 2 is 0.930 bits per heavy atom. The lowest BCUT2D eigenvalue weighted by Crippen LogP contribution is -2.40. The summed E-state index contributed by atoms with van der Waals surface area (Å²) >= 11 is 0. The Kier molecular flexibility index (Phi) is 9.57. The van der Waals surface area contributed by atoms with Crippen molar-refractivity contribution in [3.63, 3.8) is 0 Å². The maximum atomic E-state index is 11.9. The second kappa shape index (κ2) is 13.3. The molecule has 0 atom stereocenters. The molecule has 5 rings (SSSR count). The van der Waals surface area contributed by atoms with Crippen LogP contribution in [-0.4, -0.2) is 92.2 Å². The van der Waals surface area contributed by atoms with Crippen molar-refractivity contribution in [2.24, 2.45) is 11.8 Å². The van der Waals surface area contributed by atoms with Crippen LogP contribution in [0.15, 0.2) is 24.3 Å². The highest BCUT2D eigenvalue weighted by molar-refractivity contribution is 6.14. The Balaban J connectivity index is 0.000000208. The smallest absolute Gasteiger partial charge is 0.330 e. The molecule has 16 nitrogen and oxygen atoms in total. The summed E-state index contributed by atoms with van der Waals surface area (Å²) in [6.07, 6.45) is 8.08. The molecular weight excluding hydrogens is 572 g/mol. The molecule has 1 aliphatic carbocycles. The van der Waals surface area contributed by atoms with Crippen molar-refractivity contribution in [3.8, 4) is 0 Å². The minimum absolute atomic E-state index is 0.0186. The molecule has 0 bridgehead atoms. The lowest BCUT2D eigenvalue weighted by molar-refractivity contribution is -0.198. The molecule has 43 heavy (non-hydrogen) atoms. The highest BCUT2D eigenvalue weighted by Gasteiger charge is 2.36. The quantitative estimate of drug-likeness (QED) is 0.315. The Labute approximate surface area is 244 Å². The zero-order chi connectivity index (χ0) is 31.3. The first-order valence-electron chi connectivity index (χ1n) is 13.6. The van der Waals surface area contributed by atoms with Gasteiger partial charge in [-0.3, -0.25) is 48.2 Å². The molecule has 0 spiro atoms. The van der Waals surface area contributed by atoms with Crippen LogP contribution >= 0.6 is 0 Å². The minimum atomic E-state index is -1.02.